The van der Waals surface area contributed by atoms with Crippen LogP contribution in [-0.2, 0) is 6.42 Å². The number of hydrogen-bond acceptors (Lipinski definition) is 4. The lowest BCUT2D eigenvalue weighted by molar-refractivity contribution is 0.109. The van der Waals surface area contributed by atoms with E-state index in [1.165, 1.54) is 5.56 Å². The Labute approximate surface area is 138 Å². The van der Waals surface area contributed by atoms with Gasteiger partial charge in [-0.25, -0.2) is 4.98 Å². The lowest BCUT2D eigenvalue weighted by Crippen LogP contribution is -2.47. The SMILES string of the molecule is CCc1ccc([C@@H](O)CN2CCN(c3ccccn3)CC2)cc1. The van der Waals surface area contributed by atoms with Gasteiger partial charge in [0.1, 0.15) is 5.82 Å². The topological polar surface area (TPSA) is 39.6 Å². The zero-order valence-electron chi connectivity index (χ0n) is 13.7. The minimum atomic E-state index is -0.415. The van der Waals surface area contributed by atoms with Crippen LogP contribution in [0.4, 0.5) is 5.82 Å². The maximum Gasteiger partial charge on any atom is 0.128 e. The van der Waals surface area contributed by atoms with Crippen LogP contribution in [0.25, 0.3) is 0 Å². The Morgan fingerprint density at radius 3 is 2.39 bits per heavy atom. The van der Waals surface area contributed by atoms with E-state index in [1.54, 1.807) is 0 Å². The number of benzene rings is 1. The molecule has 0 bridgehead atoms. The average molecular weight is 311 g/mol. The molecule has 0 radical (unpaired) electrons. The molecule has 4 nitrogen and oxygen atoms in total. The van der Waals surface area contributed by atoms with Crippen molar-refractivity contribution in [3.8, 4) is 0 Å². The number of rotatable bonds is 5. The highest BCUT2D eigenvalue weighted by Crippen LogP contribution is 2.18. The van der Waals surface area contributed by atoms with Gasteiger partial charge in [-0.1, -0.05) is 37.3 Å². The molecule has 0 unspecified atom stereocenters. The third-order valence-corrected chi connectivity index (χ3v) is 4.55. The van der Waals surface area contributed by atoms with Crippen LogP contribution in [0.3, 0.4) is 0 Å². The quantitative estimate of drug-likeness (QED) is 0.921. The van der Waals surface area contributed by atoms with Crippen molar-refractivity contribution in [2.24, 2.45) is 0 Å². The van der Waals surface area contributed by atoms with Gasteiger partial charge >= 0.3 is 0 Å². The van der Waals surface area contributed by atoms with E-state index in [4.69, 9.17) is 0 Å². The molecule has 2 aromatic rings. The molecule has 1 saturated heterocycles. The molecule has 1 atom stereocenters. The summed E-state index contributed by atoms with van der Waals surface area (Å²) in [6.45, 7) is 6.67. The number of nitrogens with zero attached hydrogens (tertiary/aromatic N) is 3. The van der Waals surface area contributed by atoms with Gasteiger partial charge in [0.2, 0.25) is 0 Å². The molecular formula is C19H25N3O. The fourth-order valence-corrected chi connectivity index (χ4v) is 3.03. The van der Waals surface area contributed by atoms with Gasteiger partial charge in [-0.2, -0.15) is 0 Å². The van der Waals surface area contributed by atoms with Gasteiger partial charge in [-0.15, -0.1) is 0 Å². The molecule has 1 aliphatic rings. The second-order valence-corrected chi connectivity index (χ2v) is 6.09. The van der Waals surface area contributed by atoms with Crippen LogP contribution < -0.4 is 4.90 Å². The van der Waals surface area contributed by atoms with Crippen LogP contribution in [0.1, 0.15) is 24.2 Å². The van der Waals surface area contributed by atoms with Gasteiger partial charge in [-0.3, -0.25) is 4.90 Å². The first-order valence-corrected chi connectivity index (χ1v) is 8.41. The molecule has 0 amide bonds. The van der Waals surface area contributed by atoms with Crippen molar-refractivity contribution in [1.82, 2.24) is 9.88 Å². The standard InChI is InChI=1S/C19H25N3O/c1-2-16-6-8-17(9-7-16)18(23)15-21-11-13-22(14-12-21)19-5-3-4-10-20-19/h3-10,18,23H,2,11-15H2,1H3/t18-/m0/s1. The second-order valence-electron chi connectivity index (χ2n) is 6.09. The van der Waals surface area contributed by atoms with Gasteiger partial charge in [0, 0.05) is 38.9 Å². The Morgan fingerprint density at radius 2 is 1.78 bits per heavy atom. The Hall–Kier alpha value is -1.91. The second kappa shape index (κ2) is 7.57. The van der Waals surface area contributed by atoms with E-state index < -0.39 is 6.10 Å². The van der Waals surface area contributed by atoms with E-state index in [0.29, 0.717) is 6.54 Å². The normalized spacial score (nSPS) is 17.2. The number of aryl methyl sites for hydroxylation is 1. The van der Waals surface area contributed by atoms with E-state index in [9.17, 15) is 5.11 Å². The predicted molar refractivity (Wildman–Crippen MR) is 93.7 cm³/mol. The lowest BCUT2D eigenvalue weighted by atomic mass is 10.1. The Morgan fingerprint density at radius 1 is 1.04 bits per heavy atom. The molecule has 23 heavy (non-hydrogen) atoms. The fraction of sp³-hybridized carbons (Fsp3) is 0.421. The van der Waals surface area contributed by atoms with Crippen molar-refractivity contribution in [2.75, 3.05) is 37.6 Å². The molecule has 1 aromatic carbocycles. The van der Waals surface area contributed by atoms with Crippen LogP contribution in [0.5, 0.6) is 0 Å². The van der Waals surface area contributed by atoms with Crippen LogP contribution >= 0.6 is 0 Å². The number of hydrogen-bond donors (Lipinski definition) is 1. The molecule has 0 saturated carbocycles. The van der Waals surface area contributed by atoms with Crippen LogP contribution in [0.2, 0.25) is 0 Å². The maximum atomic E-state index is 10.5. The van der Waals surface area contributed by atoms with Gasteiger partial charge in [-0.05, 0) is 29.7 Å². The number of aliphatic hydroxyl groups is 1. The Bertz CT molecular complexity index is 592. The highest BCUT2D eigenvalue weighted by Gasteiger charge is 2.20. The number of piperazine rings is 1. The number of aromatic nitrogens is 1. The van der Waals surface area contributed by atoms with Crippen molar-refractivity contribution < 1.29 is 5.11 Å². The summed E-state index contributed by atoms with van der Waals surface area (Å²) in [5, 5.41) is 10.5. The van der Waals surface area contributed by atoms with Gasteiger partial charge in [0.25, 0.3) is 0 Å². The zero-order chi connectivity index (χ0) is 16.1. The van der Waals surface area contributed by atoms with Crippen LogP contribution in [0, 0.1) is 0 Å². The zero-order valence-corrected chi connectivity index (χ0v) is 13.7. The molecular weight excluding hydrogens is 286 g/mol. The molecule has 3 rings (SSSR count). The summed E-state index contributed by atoms with van der Waals surface area (Å²) in [4.78, 5) is 9.05. The summed E-state index contributed by atoms with van der Waals surface area (Å²) in [6, 6.07) is 14.3. The molecule has 1 aliphatic heterocycles. The first kappa shape index (κ1) is 16.0. The summed E-state index contributed by atoms with van der Waals surface area (Å²) in [6.07, 6.45) is 2.46. The number of pyridine rings is 1. The molecule has 1 fully saturated rings. The fourth-order valence-electron chi connectivity index (χ4n) is 3.03. The van der Waals surface area contributed by atoms with Gasteiger partial charge in [0.05, 0.1) is 6.10 Å². The molecule has 1 aromatic heterocycles. The summed E-state index contributed by atoms with van der Waals surface area (Å²) in [5.74, 6) is 1.04. The lowest BCUT2D eigenvalue weighted by Gasteiger charge is -2.36. The van der Waals surface area contributed by atoms with Crippen molar-refractivity contribution in [3.63, 3.8) is 0 Å². The third kappa shape index (κ3) is 4.09. The minimum absolute atomic E-state index is 0.415. The number of anilines is 1. The van der Waals surface area contributed by atoms with Gasteiger partial charge < -0.3 is 10.0 Å². The van der Waals surface area contributed by atoms with E-state index in [0.717, 1.165) is 44.0 Å². The number of β-amino-alcohol motifs (C(OH)–C–C–N with tert-alkyl or cyclic N) is 1. The van der Waals surface area contributed by atoms with Crippen LogP contribution in [-0.4, -0.2) is 47.7 Å². The number of aliphatic hydroxyl groups excluding tert-OH is 1. The van der Waals surface area contributed by atoms with Gasteiger partial charge in [0.15, 0.2) is 0 Å². The monoisotopic (exact) mass is 311 g/mol. The first-order chi connectivity index (χ1) is 11.3. The Balaban J connectivity index is 1.51. The molecule has 0 aliphatic carbocycles. The van der Waals surface area contributed by atoms with Crippen molar-refractivity contribution in [1.29, 1.82) is 0 Å². The molecule has 2 heterocycles. The smallest absolute Gasteiger partial charge is 0.128 e. The van der Waals surface area contributed by atoms with E-state index in [1.807, 2.05) is 30.5 Å². The summed E-state index contributed by atoms with van der Waals surface area (Å²) < 4.78 is 0. The maximum absolute atomic E-state index is 10.5. The first-order valence-electron chi connectivity index (χ1n) is 8.41. The molecule has 122 valence electrons. The largest absolute Gasteiger partial charge is 0.387 e. The summed E-state index contributed by atoms with van der Waals surface area (Å²) >= 11 is 0. The molecule has 0 spiro atoms. The van der Waals surface area contributed by atoms with E-state index >= 15 is 0 Å². The van der Waals surface area contributed by atoms with Crippen molar-refractivity contribution >= 4 is 5.82 Å². The highest BCUT2D eigenvalue weighted by atomic mass is 16.3. The van der Waals surface area contributed by atoms with Crippen molar-refractivity contribution in [3.05, 3.63) is 59.8 Å². The molecule has 1 N–H and O–H groups in total. The van der Waals surface area contributed by atoms with E-state index in [-0.39, 0.29) is 0 Å². The van der Waals surface area contributed by atoms with Crippen molar-refractivity contribution in [2.45, 2.75) is 19.4 Å². The van der Waals surface area contributed by atoms with E-state index in [2.05, 4.69) is 39.9 Å². The predicted octanol–water partition coefficient (Wildman–Crippen LogP) is 2.50. The highest BCUT2D eigenvalue weighted by molar-refractivity contribution is 5.38. The average Bonchev–Trinajstić information content (AvgIpc) is 2.63. The molecule has 4 heteroatoms. The third-order valence-electron chi connectivity index (χ3n) is 4.55. The summed E-state index contributed by atoms with van der Waals surface area (Å²) in [5.41, 5.74) is 2.32. The summed E-state index contributed by atoms with van der Waals surface area (Å²) in [7, 11) is 0. The van der Waals surface area contributed by atoms with Crippen LogP contribution in [0.15, 0.2) is 48.7 Å². The minimum Gasteiger partial charge on any atom is -0.387 e. The Kier molecular flexibility index (Phi) is 5.26.